The first-order chi connectivity index (χ1) is 16.9. The third-order valence-corrected chi connectivity index (χ3v) is 6.02. The van der Waals surface area contributed by atoms with Crippen LogP contribution >= 0.6 is 11.6 Å². The highest BCUT2D eigenvalue weighted by atomic mass is 35.5. The van der Waals surface area contributed by atoms with Crippen molar-refractivity contribution in [2.45, 2.75) is 44.4 Å². The molecule has 2 unspecified atom stereocenters. The Balaban J connectivity index is 1.78. The average molecular weight is 517 g/mol. The Morgan fingerprint density at radius 2 is 1.81 bits per heavy atom. The molecular weight excluding hydrogens is 493 g/mol. The van der Waals surface area contributed by atoms with Crippen LogP contribution < -0.4 is 10.1 Å². The SMILES string of the molecule is CC(c1ccc(Cl)cc1)C(CNC(=O)C(C)(C)Oc1ccc(C(F)(F)F)cn1)c1cncc(C#N)c1. The number of hydrogen-bond donors (Lipinski definition) is 1. The molecule has 0 spiro atoms. The maximum absolute atomic E-state index is 13.0. The Kier molecular flexibility index (Phi) is 8.21. The summed E-state index contributed by atoms with van der Waals surface area (Å²) in [5.74, 6) is -0.933. The number of rotatable bonds is 8. The summed E-state index contributed by atoms with van der Waals surface area (Å²) in [5, 5.41) is 12.8. The number of pyridine rings is 2. The second-order valence-electron chi connectivity index (χ2n) is 8.77. The quantitative estimate of drug-likeness (QED) is 0.404. The van der Waals surface area contributed by atoms with Gasteiger partial charge in [0.05, 0.1) is 11.1 Å². The van der Waals surface area contributed by atoms with Crippen LogP contribution in [0.1, 0.15) is 54.9 Å². The minimum atomic E-state index is -4.52. The topological polar surface area (TPSA) is 87.9 Å². The van der Waals surface area contributed by atoms with E-state index in [0.29, 0.717) is 16.8 Å². The van der Waals surface area contributed by atoms with Crippen LogP contribution in [0, 0.1) is 11.3 Å². The number of nitriles is 1. The van der Waals surface area contributed by atoms with Gasteiger partial charge < -0.3 is 10.1 Å². The number of benzene rings is 1. The number of nitrogens with zero attached hydrogens (tertiary/aromatic N) is 3. The molecule has 1 aromatic carbocycles. The lowest BCUT2D eigenvalue weighted by molar-refractivity contribution is -0.138. The van der Waals surface area contributed by atoms with Crippen LogP contribution in [0.2, 0.25) is 5.02 Å². The number of carbonyl (C=O) groups is 1. The molecule has 188 valence electrons. The first-order valence-electron chi connectivity index (χ1n) is 11.0. The smallest absolute Gasteiger partial charge is 0.417 e. The van der Waals surface area contributed by atoms with Crippen LogP contribution in [0.3, 0.4) is 0 Å². The monoisotopic (exact) mass is 516 g/mol. The van der Waals surface area contributed by atoms with Gasteiger partial charge in [0, 0.05) is 42.1 Å². The van der Waals surface area contributed by atoms with Crippen molar-refractivity contribution < 1.29 is 22.7 Å². The molecule has 0 saturated carbocycles. The summed E-state index contributed by atoms with van der Waals surface area (Å²) >= 11 is 6.03. The summed E-state index contributed by atoms with van der Waals surface area (Å²) < 4.78 is 44.0. The van der Waals surface area contributed by atoms with Crippen molar-refractivity contribution in [3.8, 4) is 11.9 Å². The van der Waals surface area contributed by atoms with Crippen molar-refractivity contribution in [3.63, 3.8) is 0 Å². The maximum Gasteiger partial charge on any atom is 0.417 e. The van der Waals surface area contributed by atoms with Gasteiger partial charge in [-0.2, -0.15) is 18.4 Å². The summed E-state index contributed by atoms with van der Waals surface area (Å²) in [6, 6.07) is 13.1. The Morgan fingerprint density at radius 3 is 2.39 bits per heavy atom. The molecule has 0 aliphatic heterocycles. The predicted molar refractivity (Wildman–Crippen MR) is 129 cm³/mol. The highest BCUT2D eigenvalue weighted by Gasteiger charge is 2.34. The highest BCUT2D eigenvalue weighted by molar-refractivity contribution is 6.30. The summed E-state index contributed by atoms with van der Waals surface area (Å²) in [4.78, 5) is 20.9. The zero-order chi connectivity index (χ0) is 26.5. The number of amides is 1. The van der Waals surface area contributed by atoms with Gasteiger partial charge in [0.2, 0.25) is 5.88 Å². The van der Waals surface area contributed by atoms with Gasteiger partial charge >= 0.3 is 6.18 Å². The molecule has 0 aliphatic rings. The van der Waals surface area contributed by atoms with E-state index in [1.54, 1.807) is 24.4 Å². The Morgan fingerprint density at radius 1 is 1.11 bits per heavy atom. The van der Waals surface area contributed by atoms with Crippen molar-refractivity contribution in [2.24, 2.45) is 0 Å². The third-order valence-electron chi connectivity index (χ3n) is 5.77. The molecule has 2 atom stereocenters. The van der Waals surface area contributed by atoms with E-state index in [-0.39, 0.29) is 24.3 Å². The molecule has 36 heavy (non-hydrogen) atoms. The molecule has 0 saturated heterocycles. The second-order valence-corrected chi connectivity index (χ2v) is 9.21. The summed E-state index contributed by atoms with van der Waals surface area (Å²) in [6.45, 7) is 5.17. The number of hydrogen-bond acceptors (Lipinski definition) is 5. The minimum absolute atomic E-state index is 0.0843. The molecule has 0 fully saturated rings. The molecular formula is C26H24ClF3N4O2. The molecule has 3 rings (SSSR count). The minimum Gasteiger partial charge on any atom is -0.462 e. The van der Waals surface area contributed by atoms with Gasteiger partial charge in [-0.15, -0.1) is 0 Å². The van der Waals surface area contributed by atoms with Crippen molar-refractivity contribution in [3.05, 3.63) is 88.3 Å². The number of alkyl halides is 3. The predicted octanol–water partition coefficient (Wildman–Crippen LogP) is 5.88. The van der Waals surface area contributed by atoms with Gasteiger partial charge in [0.25, 0.3) is 5.91 Å². The number of halogens is 4. The van der Waals surface area contributed by atoms with Gasteiger partial charge in [-0.25, -0.2) is 4.98 Å². The molecule has 0 aliphatic carbocycles. The van der Waals surface area contributed by atoms with Crippen molar-refractivity contribution >= 4 is 17.5 Å². The second kappa shape index (κ2) is 11.0. The molecule has 1 N–H and O–H groups in total. The van der Waals surface area contributed by atoms with Gasteiger partial charge in [0.1, 0.15) is 6.07 Å². The van der Waals surface area contributed by atoms with E-state index in [1.165, 1.54) is 20.0 Å². The van der Waals surface area contributed by atoms with E-state index in [9.17, 15) is 23.2 Å². The lowest BCUT2D eigenvalue weighted by Gasteiger charge is -2.29. The van der Waals surface area contributed by atoms with Gasteiger partial charge in [-0.1, -0.05) is 30.7 Å². The van der Waals surface area contributed by atoms with E-state index in [4.69, 9.17) is 16.3 Å². The zero-order valence-corrected chi connectivity index (χ0v) is 20.6. The number of carbonyl (C=O) groups excluding carboxylic acids is 1. The normalized spacial score (nSPS) is 13.4. The van der Waals surface area contributed by atoms with E-state index in [0.717, 1.165) is 23.3 Å². The lowest BCUT2D eigenvalue weighted by atomic mass is 9.82. The molecule has 0 radical (unpaired) electrons. The van der Waals surface area contributed by atoms with E-state index < -0.39 is 23.2 Å². The molecule has 2 aromatic heterocycles. The molecule has 10 heteroatoms. The maximum atomic E-state index is 13.0. The lowest BCUT2D eigenvalue weighted by Crippen LogP contribution is -2.48. The zero-order valence-electron chi connectivity index (χ0n) is 19.8. The van der Waals surface area contributed by atoms with Crippen molar-refractivity contribution in [2.75, 3.05) is 6.54 Å². The summed E-state index contributed by atoms with van der Waals surface area (Å²) in [7, 11) is 0. The van der Waals surface area contributed by atoms with Crippen LogP contribution in [0.4, 0.5) is 13.2 Å². The fourth-order valence-corrected chi connectivity index (χ4v) is 3.76. The highest BCUT2D eigenvalue weighted by Crippen LogP contribution is 2.33. The Bertz CT molecular complexity index is 1240. The summed E-state index contributed by atoms with van der Waals surface area (Å²) in [5.41, 5.74) is -0.202. The molecule has 1 amide bonds. The number of aromatic nitrogens is 2. The van der Waals surface area contributed by atoms with Crippen LogP contribution in [0.25, 0.3) is 0 Å². The Labute approximate surface area is 212 Å². The van der Waals surface area contributed by atoms with Crippen molar-refractivity contribution in [1.82, 2.24) is 15.3 Å². The van der Waals surface area contributed by atoms with Gasteiger partial charge in [0.15, 0.2) is 5.60 Å². The molecule has 0 bridgehead atoms. The Hall–Kier alpha value is -3.64. The number of nitrogens with one attached hydrogen (secondary N) is 1. The van der Waals surface area contributed by atoms with E-state index in [2.05, 4.69) is 21.4 Å². The molecule has 2 heterocycles. The fourth-order valence-electron chi connectivity index (χ4n) is 3.64. The number of ether oxygens (including phenoxy) is 1. The molecule has 6 nitrogen and oxygen atoms in total. The van der Waals surface area contributed by atoms with Crippen LogP contribution in [0.5, 0.6) is 5.88 Å². The van der Waals surface area contributed by atoms with Crippen LogP contribution in [0.15, 0.2) is 61.1 Å². The first-order valence-corrected chi connectivity index (χ1v) is 11.4. The van der Waals surface area contributed by atoms with Gasteiger partial charge in [-0.3, -0.25) is 9.78 Å². The van der Waals surface area contributed by atoms with E-state index >= 15 is 0 Å². The van der Waals surface area contributed by atoms with Crippen LogP contribution in [-0.4, -0.2) is 28.0 Å². The summed E-state index contributed by atoms with van der Waals surface area (Å²) in [6.07, 6.45) is -0.758. The third kappa shape index (κ3) is 6.73. The first kappa shape index (κ1) is 27.0. The largest absolute Gasteiger partial charge is 0.462 e. The van der Waals surface area contributed by atoms with E-state index in [1.807, 2.05) is 19.1 Å². The van der Waals surface area contributed by atoms with Crippen LogP contribution in [-0.2, 0) is 11.0 Å². The van der Waals surface area contributed by atoms with Gasteiger partial charge in [-0.05, 0) is 55.2 Å². The molecule has 3 aromatic rings. The van der Waals surface area contributed by atoms with Crippen molar-refractivity contribution in [1.29, 1.82) is 5.26 Å². The fraction of sp³-hybridized carbons (Fsp3) is 0.308. The standard InChI is InChI=1S/C26H24ClF3N4O2/c1-16(18-4-7-21(27)8-5-18)22(19-10-17(11-31)12-32-13-19)15-34-24(35)25(2,3)36-23-9-6-20(14-33-23)26(28,29)30/h4-10,12-14,16,22H,15H2,1-3H3,(H,34,35). The average Bonchev–Trinajstić information content (AvgIpc) is 2.84.